The third-order valence-electron chi connectivity index (χ3n) is 3.23. The predicted octanol–water partition coefficient (Wildman–Crippen LogP) is -2.95. The fourth-order valence-electron chi connectivity index (χ4n) is 2.45. The summed E-state index contributed by atoms with van der Waals surface area (Å²) in [7, 11) is 0. The summed E-state index contributed by atoms with van der Waals surface area (Å²) in [6.07, 6.45) is 0. The molecule has 0 aliphatic heterocycles. The summed E-state index contributed by atoms with van der Waals surface area (Å²) < 4.78 is 7.02. The van der Waals surface area contributed by atoms with E-state index >= 15 is 0 Å². The van der Waals surface area contributed by atoms with E-state index in [0.29, 0.717) is 6.61 Å². The third kappa shape index (κ3) is 5.36. The van der Waals surface area contributed by atoms with Crippen molar-refractivity contribution >= 4 is 8.85 Å². The van der Waals surface area contributed by atoms with Gasteiger partial charge in [0.2, 0.25) is 0 Å². The van der Waals surface area contributed by atoms with E-state index in [-0.39, 0.29) is 37.0 Å². The molecule has 0 saturated carbocycles. The van der Waals surface area contributed by atoms with Crippen LogP contribution in [-0.4, -0.2) is 23.9 Å². The van der Waals surface area contributed by atoms with E-state index in [0.717, 1.165) is 17.0 Å². The molecule has 0 fully saturated rings. The Bertz CT molecular complexity index is 607. The Labute approximate surface area is 166 Å². The normalized spacial score (nSPS) is 15.4. The van der Waals surface area contributed by atoms with Crippen LogP contribution in [0.1, 0.15) is 38.8 Å². The van der Waals surface area contributed by atoms with E-state index < -0.39 is 0 Å². The summed E-state index contributed by atoms with van der Waals surface area (Å²) in [4.78, 5) is 0. The molecule has 0 radical (unpaired) electrons. The van der Waals surface area contributed by atoms with Crippen LogP contribution >= 0.6 is 0 Å². The van der Waals surface area contributed by atoms with Gasteiger partial charge in [0.1, 0.15) is 0 Å². The van der Waals surface area contributed by atoms with E-state index in [1.165, 1.54) is 39.1 Å². The van der Waals surface area contributed by atoms with Gasteiger partial charge >= 0.3 is 142 Å². The molecule has 3 nitrogen and oxygen atoms in total. The molecule has 2 N–H and O–H groups in total. The van der Waals surface area contributed by atoms with Crippen molar-refractivity contribution in [2.75, 3.05) is 13.2 Å². The van der Waals surface area contributed by atoms with Crippen molar-refractivity contribution < 1.29 is 59.4 Å². The molecule has 6 heteroatoms. The van der Waals surface area contributed by atoms with Crippen molar-refractivity contribution in [1.82, 2.24) is 5.32 Å². The maximum Gasteiger partial charge on any atom is -1.00 e. The fraction of sp³-hybridized carbons (Fsp3) is 0.412. The number of fused-ring (bicyclic) bond motifs is 1. The van der Waals surface area contributed by atoms with E-state index in [4.69, 9.17) is 9.84 Å². The number of nitrogens with one attached hydrogen (secondary N) is 1. The molecule has 0 amide bonds. The average molecular weight is 434 g/mol. The number of hydrogen-bond acceptors (Lipinski definition) is 3. The molecule has 0 unspecified atom stereocenters. The first kappa shape index (κ1) is 22.7. The Balaban J connectivity index is 0.00000242. The third-order valence-corrected chi connectivity index (χ3v) is 4.50. The standard InChI is InChI=1S/C17H22NO2.2ClH.Zr/c1-12(20-10-9-19)16-14-8-6-5-7-13(14)11-15(16)18-17(2,3)4;;;/h5-8,18-19H,9-10H2,1-4H3;2*1H;/q;;;+2/p-2. The second kappa shape index (κ2) is 9.27. The van der Waals surface area contributed by atoms with Gasteiger partial charge in [0.15, 0.2) is 0 Å². The molecule has 0 bridgehead atoms. The van der Waals surface area contributed by atoms with Crippen LogP contribution in [0.25, 0.3) is 8.85 Å². The minimum Gasteiger partial charge on any atom is -1.00 e. The van der Waals surface area contributed by atoms with E-state index in [1.54, 1.807) is 0 Å². The Morgan fingerprint density at radius 3 is 2.26 bits per heavy atom. The van der Waals surface area contributed by atoms with Crippen LogP contribution in [0.3, 0.4) is 0 Å². The SMILES string of the molecule is CC(OCCO)=C1C(NC(C)(C)C)=[C]([Zr+2])c2ccccc21.[Cl-].[Cl-]. The zero-order chi connectivity index (χ0) is 15.6. The summed E-state index contributed by atoms with van der Waals surface area (Å²) in [6.45, 7) is 8.81. The van der Waals surface area contributed by atoms with Crippen molar-refractivity contribution in [3.8, 4) is 0 Å². The Morgan fingerprint density at radius 2 is 1.74 bits per heavy atom. The summed E-state index contributed by atoms with van der Waals surface area (Å²) in [5.41, 5.74) is 4.77. The van der Waals surface area contributed by atoms with E-state index in [9.17, 15) is 0 Å². The number of rotatable bonds is 4. The molecule has 2 rings (SSSR count). The van der Waals surface area contributed by atoms with Gasteiger partial charge < -0.3 is 24.8 Å². The number of benzene rings is 1. The number of halogens is 2. The molecule has 1 aliphatic carbocycles. The number of ether oxygens (including phenoxy) is 1. The maximum atomic E-state index is 8.99. The van der Waals surface area contributed by atoms with E-state index in [1.807, 2.05) is 6.92 Å². The first-order valence-corrected chi connectivity index (χ1v) is 8.37. The minimum atomic E-state index is -0.0122. The molecule has 23 heavy (non-hydrogen) atoms. The van der Waals surface area contributed by atoms with Crippen molar-refractivity contribution in [3.05, 3.63) is 46.8 Å². The predicted molar refractivity (Wildman–Crippen MR) is 81.9 cm³/mol. The van der Waals surface area contributed by atoms with Crippen molar-refractivity contribution in [3.63, 3.8) is 0 Å². The summed E-state index contributed by atoms with van der Waals surface area (Å²) in [6, 6.07) is 8.43. The zero-order valence-corrected chi connectivity index (χ0v) is 17.8. The number of aliphatic hydroxyl groups is 1. The monoisotopic (exact) mass is 432 g/mol. The molecule has 1 aromatic carbocycles. The topological polar surface area (TPSA) is 41.5 Å². The second-order valence-electron chi connectivity index (χ2n) is 6.17. The Morgan fingerprint density at radius 1 is 1.17 bits per heavy atom. The van der Waals surface area contributed by atoms with Crippen LogP contribution in [0, 0.1) is 0 Å². The fourth-order valence-corrected chi connectivity index (χ4v) is 3.45. The number of hydrogen-bond donors (Lipinski definition) is 2. The molecule has 0 saturated heterocycles. The summed E-state index contributed by atoms with van der Waals surface area (Å²) in [5, 5.41) is 12.6. The van der Waals surface area contributed by atoms with Gasteiger partial charge in [-0.15, -0.1) is 0 Å². The summed E-state index contributed by atoms with van der Waals surface area (Å²) in [5.74, 6) is 0.862. The van der Waals surface area contributed by atoms with Crippen LogP contribution in [0.15, 0.2) is 35.7 Å². The maximum absolute atomic E-state index is 8.99. The van der Waals surface area contributed by atoms with Crippen LogP contribution in [0.2, 0.25) is 0 Å². The van der Waals surface area contributed by atoms with E-state index in [2.05, 4.69) is 50.4 Å². The van der Waals surface area contributed by atoms with Gasteiger partial charge in [-0.2, -0.15) is 0 Å². The van der Waals surface area contributed by atoms with Crippen molar-refractivity contribution in [1.29, 1.82) is 0 Å². The molecular weight excluding hydrogens is 412 g/mol. The molecule has 0 aromatic heterocycles. The van der Waals surface area contributed by atoms with Crippen LogP contribution in [0.4, 0.5) is 0 Å². The number of allylic oxidation sites excluding steroid dienone is 2. The Hall–Kier alpha value is -0.277. The molecule has 1 aromatic rings. The average Bonchev–Trinajstić information content (AvgIpc) is 2.68. The van der Waals surface area contributed by atoms with Gasteiger partial charge in [-0.05, 0) is 0 Å². The molecule has 0 spiro atoms. The smallest absolute Gasteiger partial charge is 1.00 e. The van der Waals surface area contributed by atoms with Crippen LogP contribution in [0.5, 0.6) is 0 Å². The second-order valence-corrected chi connectivity index (χ2v) is 7.40. The van der Waals surface area contributed by atoms with Gasteiger partial charge in [0, 0.05) is 0 Å². The summed E-state index contributed by atoms with van der Waals surface area (Å²) >= 11 is 1.38. The van der Waals surface area contributed by atoms with Crippen LogP contribution in [-0.2, 0) is 29.5 Å². The van der Waals surface area contributed by atoms with Gasteiger partial charge in [-0.3, -0.25) is 0 Å². The minimum absolute atomic E-state index is 0. The first-order chi connectivity index (χ1) is 9.85. The quantitative estimate of drug-likeness (QED) is 0.499. The van der Waals surface area contributed by atoms with Gasteiger partial charge in [-0.1, -0.05) is 0 Å². The van der Waals surface area contributed by atoms with Crippen molar-refractivity contribution in [2.45, 2.75) is 33.2 Å². The molecule has 0 atom stereocenters. The number of aliphatic hydroxyl groups excluding tert-OH is 1. The van der Waals surface area contributed by atoms with Gasteiger partial charge in [-0.25, -0.2) is 0 Å². The first-order valence-electron chi connectivity index (χ1n) is 7.14. The molecule has 125 valence electrons. The van der Waals surface area contributed by atoms with Crippen molar-refractivity contribution in [2.24, 2.45) is 0 Å². The van der Waals surface area contributed by atoms with Gasteiger partial charge in [0.05, 0.1) is 0 Å². The zero-order valence-electron chi connectivity index (χ0n) is 13.8. The van der Waals surface area contributed by atoms with Crippen LogP contribution < -0.4 is 30.1 Å². The largest absolute Gasteiger partial charge is 1.00 e. The molecular formula is C17H22Cl2NO2Zr. The van der Waals surface area contributed by atoms with Gasteiger partial charge in [0.25, 0.3) is 0 Å². The molecule has 0 heterocycles. The Kier molecular flexibility index (Phi) is 9.16. The molecule has 1 aliphatic rings.